The van der Waals surface area contributed by atoms with Crippen molar-refractivity contribution in [2.24, 2.45) is 10.9 Å². The minimum absolute atomic E-state index is 0.0172. The summed E-state index contributed by atoms with van der Waals surface area (Å²) in [5.41, 5.74) is 6.74. The van der Waals surface area contributed by atoms with Gasteiger partial charge < -0.3 is 20.4 Å². The molecular formula is C12H19N3O3. The van der Waals surface area contributed by atoms with Crippen molar-refractivity contribution in [3.63, 3.8) is 0 Å². The van der Waals surface area contributed by atoms with E-state index in [1.54, 1.807) is 12.3 Å². The Labute approximate surface area is 106 Å². The van der Waals surface area contributed by atoms with Crippen LogP contribution < -0.4 is 5.73 Å². The Balaban J connectivity index is 2.42. The second kappa shape index (κ2) is 8.43. The van der Waals surface area contributed by atoms with Crippen LogP contribution in [0.25, 0.3) is 0 Å². The zero-order valence-electron chi connectivity index (χ0n) is 10.5. The number of pyridine rings is 1. The Morgan fingerprint density at radius 1 is 1.39 bits per heavy atom. The second-order valence-electron chi connectivity index (χ2n) is 3.66. The molecule has 1 aromatic rings. The zero-order chi connectivity index (χ0) is 13.2. The maximum Gasteiger partial charge on any atom is 0.189 e. The second-order valence-corrected chi connectivity index (χ2v) is 3.66. The van der Waals surface area contributed by atoms with E-state index in [0.717, 1.165) is 18.6 Å². The molecule has 0 amide bonds. The molecule has 0 aliphatic heterocycles. The van der Waals surface area contributed by atoms with Gasteiger partial charge in [0.15, 0.2) is 5.84 Å². The maximum absolute atomic E-state index is 8.64. The fourth-order valence-electron chi connectivity index (χ4n) is 1.38. The minimum Gasteiger partial charge on any atom is -0.409 e. The van der Waals surface area contributed by atoms with Crippen LogP contribution in [-0.4, -0.2) is 35.8 Å². The lowest BCUT2D eigenvalue weighted by molar-refractivity contribution is 0.0407. The molecule has 0 aliphatic carbocycles. The van der Waals surface area contributed by atoms with Gasteiger partial charge in [0.1, 0.15) is 5.69 Å². The molecule has 1 aromatic heterocycles. The van der Waals surface area contributed by atoms with Gasteiger partial charge in [0.25, 0.3) is 0 Å². The van der Waals surface area contributed by atoms with Gasteiger partial charge in [0, 0.05) is 18.4 Å². The first kappa shape index (κ1) is 14.4. The molecule has 18 heavy (non-hydrogen) atoms. The van der Waals surface area contributed by atoms with Crippen LogP contribution in [0.5, 0.6) is 0 Å². The van der Waals surface area contributed by atoms with E-state index < -0.39 is 0 Å². The molecule has 6 heteroatoms. The van der Waals surface area contributed by atoms with Crippen LogP contribution in [0.2, 0.25) is 0 Å². The van der Waals surface area contributed by atoms with Gasteiger partial charge in [-0.05, 0) is 12.5 Å². The van der Waals surface area contributed by atoms with E-state index in [2.05, 4.69) is 17.1 Å². The molecule has 0 radical (unpaired) electrons. The lowest BCUT2D eigenvalue weighted by atomic mass is 10.2. The highest BCUT2D eigenvalue weighted by Crippen LogP contribution is 2.06. The number of hydrogen-bond acceptors (Lipinski definition) is 5. The Morgan fingerprint density at radius 3 is 2.89 bits per heavy atom. The van der Waals surface area contributed by atoms with Crippen molar-refractivity contribution in [1.29, 1.82) is 0 Å². The first-order valence-corrected chi connectivity index (χ1v) is 5.86. The molecule has 0 spiro atoms. The Kier molecular flexibility index (Phi) is 6.75. The third-order valence-corrected chi connectivity index (χ3v) is 2.22. The van der Waals surface area contributed by atoms with E-state index in [4.69, 9.17) is 20.4 Å². The number of hydrogen-bond donors (Lipinski definition) is 2. The third-order valence-electron chi connectivity index (χ3n) is 2.22. The Hall–Kier alpha value is -1.66. The van der Waals surface area contributed by atoms with Gasteiger partial charge in [-0.25, -0.2) is 0 Å². The van der Waals surface area contributed by atoms with Crippen molar-refractivity contribution < 1.29 is 14.7 Å². The van der Waals surface area contributed by atoms with E-state index in [-0.39, 0.29) is 5.84 Å². The van der Waals surface area contributed by atoms with Gasteiger partial charge in [-0.3, -0.25) is 4.98 Å². The maximum atomic E-state index is 8.64. The zero-order valence-corrected chi connectivity index (χ0v) is 10.5. The number of amidine groups is 1. The van der Waals surface area contributed by atoms with E-state index in [1.165, 1.54) is 0 Å². The van der Waals surface area contributed by atoms with Crippen molar-refractivity contribution in [3.8, 4) is 0 Å². The summed E-state index contributed by atoms with van der Waals surface area (Å²) in [6.45, 7) is 4.22. The number of rotatable bonds is 8. The molecular weight excluding hydrogens is 234 g/mol. The predicted molar refractivity (Wildman–Crippen MR) is 67.5 cm³/mol. The summed E-state index contributed by atoms with van der Waals surface area (Å²) in [4.78, 5) is 4.05. The fourth-order valence-corrected chi connectivity index (χ4v) is 1.38. The molecule has 0 fully saturated rings. The monoisotopic (exact) mass is 253 g/mol. The van der Waals surface area contributed by atoms with Gasteiger partial charge in [-0.15, -0.1) is 0 Å². The summed E-state index contributed by atoms with van der Waals surface area (Å²) in [5, 5.41) is 11.6. The SMILES string of the molecule is CCCOCCOCc1cccnc1C(N)=NO. The molecule has 0 aromatic carbocycles. The van der Waals surface area contributed by atoms with Crippen LogP contribution in [-0.2, 0) is 16.1 Å². The van der Waals surface area contributed by atoms with Crippen LogP contribution in [0.1, 0.15) is 24.6 Å². The summed E-state index contributed by atoms with van der Waals surface area (Å²) in [6.07, 6.45) is 2.58. The average Bonchev–Trinajstić information content (AvgIpc) is 2.42. The van der Waals surface area contributed by atoms with Crippen molar-refractivity contribution in [1.82, 2.24) is 4.98 Å². The molecule has 1 rings (SSSR count). The third kappa shape index (κ3) is 4.68. The number of nitrogens with two attached hydrogens (primary N) is 1. The minimum atomic E-state index is -0.0172. The highest BCUT2D eigenvalue weighted by atomic mass is 16.5. The average molecular weight is 253 g/mol. The molecule has 0 saturated carbocycles. The first-order chi connectivity index (χ1) is 8.79. The predicted octanol–water partition coefficient (Wildman–Crippen LogP) is 1.12. The quantitative estimate of drug-likeness (QED) is 0.238. The highest BCUT2D eigenvalue weighted by molar-refractivity contribution is 5.96. The van der Waals surface area contributed by atoms with Crippen LogP contribution in [0.3, 0.4) is 0 Å². The molecule has 100 valence electrons. The van der Waals surface area contributed by atoms with Gasteiger partial charge in [-0.2, -0.15) is 0 Å². The molecule has 0 unspecified atom stereocenters. The van der Waals surface area contributed by atoms with Crippen LogP contribution in [0.15, 0.2) is 23.5 Å². The Bertz CT molecular complexity index is 383. The van der Waals surface area contributed by atoms with E-state index in [1.807, 2.05) is 6.07 Å². The van der Waals surface area contributed by atoms with Crippen molar-refractivity contribution in [3.05, 3.63) is 29.6 Å². The number of oxime groups is 1. The molecule has 6 nitrogen and oxygen atoms in total. The summed E-state index contributed by atoms with van der Waals surface area (Å²) >= 11 is 0. The molecule has 1 heterocycles. The van der Waals surface area contributed by atoms with Crippen molar-refractivity contribution in [2.75, 3.05) is 19.8 Å². The van der Waals surface area contributed by atoms with Crippen molar-refractivity contribution >= 4 is 5.84 Å². The summed E-state index contributed by atoms with van der Waals surface area (Å²) in [5.74, 6) is -0.0172. The molecule has 3 N–H and O–H groups in total. The van der Waals surface area contributed by atoms with Gasteiger partial charge >= 0.3 is 0 Å². The highest BCUT2D eigenvalue weighted by Gasteiger charge is 2.07. The van der Waals surface area contributed by atoms with Crippen molar-refractivity contribution in [2.45, 2.75) is 20.0 Å². The number of ether oxygens (including phenoxy) is 2. The molecule has 0 aliphatic rings. The van der Waals surface area contributed by atoms with Crippen LogP contribution >= 0.6 is 0 Å². The molecule has 0 saturated heterocycles. The van der Waals surface area contributed by atoms with Gasteiger partial charge in [-0.1, -0.05) is 18.1 Å². The standard InChI is InChI=1S/C12H19N3O3/c1-2-6-17-7-8-18-9-10-4-3-5-14-11(10)12(13)15-16/h3-5,16H,2,6-9H2,1H3,(H2,13,15). The number of nitrogens with zero attached hydrogens (tertiary/aromatic N) is 2. The lowest BCUT2D eigenvalue weighted by Crippen LogP contribution is -2.18. The molecule has 0 atom stereocenters. The van der Waals surface area contributed by atoms with E-state index in [0.29, 0.717) is 25.5 Å². The van der Waals surface area contributed by atoms with E-state index >= 15 is 0 Å². The lowest BCUT2D eigenvalue weighted by Gasteiger charge is -2.08. The van der Waals surface area contributed by atoms with Crippen LogP contribution in [0, 0.1) is 0 Å². The first-order valence-electron chi connectivity index (χ1n) is 5.86. The Morgan fingerprint density at radius 2 is 2.17 bits per heavy atom. The normalized spacial score (nSPS) is 11.7. The smallest absolute Gasteiger partial charge is 0.189 e. The largest absolute Gasteiger partial charge is 0.409 e. The number of aromatic nitrogens is 1. The van der Waals surface area contributed by atoms with E-state index in [9.17, 15) is 0 Å². The van der Waals surface area contributed by atoms with Crippen LogP contribution in [0.4, 0.5) is 0 Å². The topological polar surface area (TPSA) is 90.0 Å². The summed E-state index contributed by atoms with van der Waals surface area (Å²) in [6, 6.07) is 3.60. The summed E-state index contributed by atoms with van der Waals surface area (Å²) < 4.78 is 10.7. The fraction of sp³-hybridized carbons (Fsp3) is 0.500. The summed E-state index contributed by atoms with van der Waals surface area (Å²) in [7, 11) is 0. The van der Waals surface area contributed by atoms with Gasteiger partial charge in [0.2, 0.25) is 0 Å². The molecule has 0 bridgehead atoms. The van der Waals surface area contributed by atoms with Gasteiger partial charge in [0.05, 0.1) is 19.8 Å².